The van der Waals surface area contributed by atoms with E-state index in [1.54, 1.807) is 11.3 Å². The number of carbonyl (C=O) groups is 2. The minimum absolute atomic E-state index is 0.104. The van der Waals surface area contributed by atoms with E-state index in [4.69, 9.17) is 10.1 Å². The summed E-state index contributed by atoms with van der Waals surface area (Å²) in [7, 11) is 0. The summed E-state index contributed by atoms with van der Waals surface area (Å²) in [6.07, 6.45) is 6.74. The van der Waals surface area contributed by atoms with Gasteiger partial charge in [-0.2, -0.15) is 0 Å². The number of hydrogen-bond donors (Lipinski definition) is 1. The number of aryl methyl sites for hydroxylation is 3. The molecule has 10 heteroatoms. The van der Waals surface area contributed by atoms with Crippen molar-refractivity contribution in [1.29, 1.82) is 5.41 Å². The lowest BCUT2D eigenvalue weighted by Crippen LogP contribution is -2.12. The smallest absolute Gasteiger partial charge is 0.341 e. The molecule has 1 N–H and O–H groups in total. The number of allylic oxidation sites excluding steroid dienone is 1. The molecule has 3 aromatic rings. The molecule has 0 unspecified atom stereocenters. The Labute approximate surface area is 222 Å². The molecular weight excluding hydrogens is 513 g/mol. The molecule has 4 heterocycles. The third-order valence-corrected chi connectivity index (χ3v) is 10.0. The van der Waals surface area contributed by atoms with Crippen LogP contribution in [0.2, 0.25) is 0 Å². The number of ketones is 1. The molecule has 1 saturated heterocycles. The van der Waals surface area contributed by atoms with Gasteiger partial charge >= 0.3 is 5.97 Å². The van der Waals surface area contributed by atoms with Crippen LogP contribution >= 0.6 is 34.4 Å². The lowest BCUT2D eigenvalue weighted by Gasteiger charge is -2.13. The van der Waals surface area contributed by atoms with Crippen LogP contribution in [0.3, 0.4) is 0 Å². The number of nitrogens with one attached hydrogen (secondary N) is 1. The van der Waals surface area contributed by atoms with Crippen LogP contribution in [0, 0.1) is 19.3 Å². The van der Waals surface area contributed by atoms with Crippen LogP contribution in [-0.2, 0) is 28.8 Å². The molecule has 0 radical (unpaired) electrons. The molecule has 0 bridgehead atoms. The van der Waals surface area contributed by atoms with E-state index in [9.17, 15) is 9.59 Å². The number of nitrogens with zero attached hydrogens (tertiary/aromatic N) is 3. The predicted octanol–water partition coefficient (Wildman–Crippen LogP) is 6.04. The highest BCUT2D eigenvalue weighted by Gasteiger charge is 2.39. The van der Waals surface area contributed by atoms with Gasteiger partial charge in [0.05, 0.1) is 22.1 Å². The van der Waals surface area contributed by atoms with E-state index >= 15 is 0 Å². The van der Waals surface area contributed by atoms with Gasteiger partial charge in [-0.25, -0.2) is 4.79 Å². The summed E-state index contributed by atoms with van der Waals surface area (Å²) in [5.41, 5.74) is 4.67. The molecule has 1 aliphatic heterocycles. The molecule has 0 aromatic carbocycles. The molecule has 0 amide bonds. The molecule has 5 rings (SSSR count). The van der Waals surface area contributed by atoms with Gasteiger partial charge in [0.25, 0.3) is 0 Å². The number of thioether (sulfide) groups is 1. The van der Waals surface area contributed by atoms with Crippen molar-refractivity contribution in [2.24, 2.45) is 0 Å². The summed E-state index contributed by atoms with van der Waals surface area (Å²) < 4.78 is 7.58. The average molecular weight is 541 g/mol. The number of thiophene rings is 1. The van der Waals surface area contributed by atoms with Crippen molar-refractivity contribution < 1.29 is 14.3 Å². The lowest BCUT2D eigenvalue weighted by atomic mass is 9.95. The van der Waals surface area contributed by atoms with E-state index in [-0.39, 0.29) is 16.8 Å². The highest BCUT2D eigenvalue weighted by Crippen LogP contribution is 2.43. The fraction of sp³-hybridized carbons (Fsp3) is 0.423. The number of aromatic nitrogens is 3. The first kappa shape index (κ1) is 25.1. The molecule has 0 saturated carbocycles. The van der Waals surface area contributed by atoms with Gasteiger partial charge in [0, 0.05) is 16.3 Å². The van der Waals surface area contributed by atoms with Crippen molar-refractivity contribution in [3.63, 3.8) is 0 Å². The summed E-state index contributed by atoms with van der Waals surface area (Å²) in [6, 6.07) is 2.04. The number of rotatable bonds is 6. The minimum atomic E-state index is -0.665. The first-order valence-electron chi connectivity index (χ1n) is 12.2. The molecule has 0 spiro atoms. The Kier molecular flexibility index (Phi) is 7.02. The molecular formula is C26H28N4O3S3. The summed E-state index contributed by atoms with van der Waals surface area (Å²) in [5, 5.41) is 19.4. The van der Waals surface area contributed by atoms with Crippen LogP contribution in [-0.4, -0.2) is 38.2 Å². The quantitative estimate of drug-likeness (QED) is 0.302. The van der Waals surface area contributed by atoms with E-state index in [0.717, 1.165) is 64.6 Å². The molecule has 36 heavy (non-hydrogen) atoms. The Balaban J connectivity index is 1.54. The maximum absolute atomic E-state index is 13.3. The maximum atomic E-state index is 13.3. The topological polar surface area (TPSA) is 97.9 Å². The van der Waals surface area contributed by atoms with Gasteiger partial charge in [-0.1, -0.05) is 18.7 Å². The van der Waals surface area contributed by atoms with E-state index < -0.39 is 5.92 Å². The SMILES string of the molecule is CCOC(=O)c1c(-n2c(C)cc(/C=C3\SC(=N)[C@H](c4nnc(CC)s4)C3=O)c2C)sc2c1CCCC2. The predicted molar refractivity (Wildman–Crippen MR) is 146 cm³/mol. The summed E-state index contributed by atoms with van der Waals surface area (Å²) >= 11 is 4.28. The monoisotopic (exact) mass is 540 g/mol. The van der Waals surface area contributed by atoms with Crippen LogP contribution in [0.15, 0.2) is 11.0 Å². The van der Waals surface area contributed by atoms with E-state index in [2.05, 4.69) is 14.8 Å². The van der Waals surface area contributed by atoms with Gasteiger partial charge in [-0.3, -0.25) is 10.2 Å². The number of hydrogen-bond acceptors (Lipinski definition) is 9. The first-order chi connectivity index (χ1) is 17.3. The fourth-order valence-electron chi connectivity index (χ4n) is 4.85. The Morgan fingerprint density at radius 3 is 2.72 bits per heavy atom. The molecule has 188 valence electrons. The highest BCUT2D eigenvalue weighted by molar-refractivity contribution is 8.19. The first-order valence-corrected chi connectivity index (χ1v) is 14.6. The second-order valence-corrected chi connectivity index (χ2v) is 12.2. The van der Waals surface area contributed by atoms with Gasteiger partial charge in [-0.15, -0.1) is 32.9 Å². The van der Waals surface area contributed by atoms with Crippen molar-refractivity contribution in [3.8, 4) is 5.00 Å². The van der Waals surface area contributed by atoms with Crippen molar-refractivity contribution in [3.05, 3.63) is 53.9 Å². The zero-order valence-corrected chi connectivity index (χ0v) is 23.2. The minimum Gasteiger partial charge on any atom is -0.462 e. The van der Waals surface area contributed by atoms with Crippen LogP contribution in [0.1, 0.15) is 80.4 Å². The highest BCUT2D eigenvalue weighted by atomic mass is 32.2. The number of esters is 1. The zero-order chi connectivity index (χ0) is 25.6. The number of carbonyl (C=O) groups excluding carboxylic acids is 2. The standard InChI is InChI=1S/C26H28N4O3S3/c1-5-19-28-29-24(36-19)21-22(31)18(34-23(21)27)12-15-11-13(3)30(14(15)4)25-20(26(32)33-6-2)16-9-7-8-10-17(16)35-25/h11-12,21,27H,5-10H2,1-4H3/b18-12-,27-23?/t21-/m1/s1. The molecule has 1 aliphatic carbocycles. The van der Waals surface area contributed by atoms with Crippen LogP contribution < -0.4 is 0 Å². The molecule has 1 atom stereocenters. The van der Waals surface area contributed by atoms with Crippen LogP contribution in [0.4, 0.5) is 0 Å². The summed E-state index contributed by atoms with van der Waals surface area (Å²) in [4.78, 5) is 28.1. The summed E-state index contributed by atoms with van der Waals surface area (Å²) in [5.74, 6) is -1.03. The lowest BCUT2D eigenvalue weighted by molar-refractivity contribution is -0.114. The van der Waals surface area contributed by atoms with Crippen molar-refractivity contribution in [1.82, 2.24) is 14.8 Å². The van der Waals surface area contributed by atoms with E-state index in [1.807, 2.05) is 39.8 Å². The molecule has 2 aliphatic rings. The van der Waals surface area contributed by atoms with Gasteiger partial charge in [0.2, 0.25) is 0 Å². The molecule has 1 fully saturated rings. The third kappa shape index (κ3) is 4.29. The Morgan fingerprint density at radius 2 is 2.00 bits per heavy atom. The van der Waals surface area contributed by atoms with Gasteiger partial charge < -0.3 is 9.30 Å². The fourth-order valence-corrected chi connectivity index (χ4v) is 8.28. The molecule has 7 nitrogen and oxygen atoms in total. The number of fused-ring (bicyclic) bond motifs is 1. The second kappa shape index (κ2) is 10.1. The average Bonchev–Trinajstić information content (AvgIpc) is 3.59. The van der Waals surface area contributed by atoms with Gasteiger partial charge in [0.15, 0.2) is 5.78 Å². The number of ether oxygens (including phenoxy) is 1. The molecule has 3 aromatic heterocycles. The van der Waals surface area contributed by atoms with E-state index in [0.29, 0.717) is 22.1 Å². The Bertz CT molecular complexity index is 1410. The normalized spacial score (nSPS) is 18.8. The van der Waals surface area contributed by atoms with Crippen molar-refractivity contribution >= 4 is 57.3 Å². The van der Waals surface area contributed by atoms with Crippen molar-refractivity contribution in [2.45, 2.75) is 65.7 Å². The van der Waals surface area contributed by atoms with Gasteiger partial charge in [0.1, 0.15) is 20.9 Å². The van der Waals surface area contributed by atoms with Crippen LogP contribution in [0.25, 0.3) is 11.1 Å². The van der Waals surface area contributed by atoms with Crippen LogP contribution in [0.5, 0.6) is 0 Å². The summed E-state index contributed by atoms with van der Waals surface area (Å²) in [6.45, 7) is 8.20. The number of Topliss-reactive ketones (excluding diaryl/α,β-unsaturated/α-hetero) is 1. The Morgan fingerprint density at radius 1 is 1.22 bits per heavy atom. The largest absolute Gasteiger partial charge is 0.462 e. The zero-order valence-electron chi connectivity index (χ0n) is 20.8. The van der Waals surface area contributed by atoms with Gasteiger partial charge in [-0.05, 0) is 76.1 Å². The van der Waals surface area contributed by atoms with E-state index in [1.165, 1.54) is 28.0 Å². The second-order valence-electron chi connectivity index (χ2n) is 8.93. The Hall–Kier alpha value is -2.56. The van der Waals surface area contributed by atoms with Crippen molar-refractivity contribution in [2.75, 3.05) is 6.61 Å². The third-order valence-electron chi connectivity index (χ3n) is 6.61. The maximum Gasteiger partial charge on any atom is 0.341 e.